The Bertz CT molecular complexity index is 455. The summed E-state index contributed by atoms with van der Waals surface area (Å²) < 4.78 is 1.14. The molecule has 0 amide bonds. The lowest BCUT2D eigenvalue weighted by Gasteiger charge is -2.04. The fourth-order valence-corrected chi connectivity index (χ4v) is 1.04. The molecule has 0 aliphatic carbocycles. The van der Waals surface area contributed by atoms with E-state index >= 15 is 0 Å². The van der Waals surface area contributed by atoms with Gasteiger partial charge in [-0.15, -0.1) is 0 Å². The van der Waals surface area contributed by atoms with Gasteiger partial charge in [0.1, 0.15) is 6.20 Å². The third-order valence-corrected chi connectivity index (χ3v) is 2.12. The number of nitro groups is 1. The summed E-state index contributed by atoms with van der Waals surface area (Å²) in [6.45, 7) is 3.84. The summed E-state index contributed by atoms with van der Waals surface area (Å²) in [6.07, 6.45) is 2.08. The lowest BCUT2D eigenvalue weighted by Crippen LogP contribution is -2.23. The van der Waals surface area contributed by atoms with Gasteiger partial charge in [0.15, 0.2) is 0 Å². The van der Waals surface area contributed by atoms with Gasteiger partial charge in [0.2, 0.25) is 0 Å². The summed E-state index contributed by atoms with van der Waals surface area (Å²) in [5.41, 5.74) is -0.0761. The molecule has 7 heteroatoms. The Morgan fingerprint density at radius 3 is 2.93 bits per heavy atom. The molecule has 0 aliphatic rings. The Balaban J connectivity index is 3.06. The van der Waals surface area contributed by atoms with Crippen LogP contribution in [0.25, 0.3) is 0 Å². The van der Waals surface area contributed by atoms with Crippen molar-refractivity contribution in [1.29, 1.82) is 0 Å². The summed E-state index contributed by atoms with van der Waals surface area (Å²) in [5.74, 6) is 0.412. The molecule has 0 saturated carbocycles. The number of aromatic nitrogens is 2. The normalized spacial score (nSPS) is 9.93. The Morgan fingerprint density at radius 1 is 1.73 bits per heavy atom. The minimum absolute atomic E-state index is 0.191. The highest BCUT2D eigenvalue weighted by Gasteiger charge is 2.08. The van der Waals surface area contributed by atoms with Crippen LogP contribution in [0.5, 0.6) is 0 Å². The van der Waals surface area contributed by atoms with E-state index in [4.69, 9.17) is 0 Å². The van der Waals surface area contributed by atoms with Crippen molar-refractivity contribution in [1.82, 2.24) is 9.55 Å². The molecule has 0 bridgehead atoms. The highest BCUT2D eigenvalue weighted by molar-refractivity contribution is 7.80. The molecule has 0 atom stereocenters. The summed E-state index contributed by atoms with van der Waals surface area (Å²) >= 11 is 3.98. The number of nitrogens with zero attached hydrogens (tertiary/aromatic N) is 3. The Morgan fingerprint density at radius 2 is 2.40 bits per heavy atom. The number of hydrogen-bond donors (Lipinski definition) is 1. The molecule has 1 rings (SSSR count). The van der Waals surface area contributed by atoms with Crippen LogP contribution in [0.15, 0.2) is 29.3 Å². The van der Waals surface area contributed by atoms with E-state index in [1.54, 1.807) is 0 Å². The average Bonchev–Trinajstić information content (AvgIpc) is 2.20. The zero-order valence-electron chi connectivity index (χ0n) is 7.79. The van der Waals surface area contributed by atoms with Crippen molar-refractivity contribution in [2.45, 2.75) is 6.54 Å². The van der Waals surface area contributed by atoms with Crippen LogP contribution in [0.2, 0.25) is 0 Å². The second-order valence-electron chi connectivity index (χ2n) is 2.89. The Hall–Kier alpha value is -1.63. The van der Waals surface area contributed by atoms with Crippen molar-refractivity contribution >= 4 is 18.3 Å². The Labute approximate surface area is 90.8 Å². The first kappa shape index (κ1) is 11.4. The quantitative estimate of drug-likeness (QED) is 0.354. The first-order chi connectivity index (χ1) is 7.04. The molecule has 6 nitrogen and oxygen atoms in total. The lowest BCUT2D eigenvalue weighted by atomic mass is 10.3. The number of rotatable bonds is 4. The lowest BCUT2D eigenvalue weighted by molar-refractivity contribution is -0.385. The van der Waals surface area contributed by atoms with Crippen LogP contribution < -0.4 is 5.69 Å². The monoisotopic (exact) mass is 227 g/mol. The molecule has 80 valence electrons. The van der Waals surface area contributed by atoms with Crippen LogP contribution in [0.1, 0.15) is 0 Å². The Kier molecular flexibility index (Phi) is 3.62. The van der Waals surface area contributed by atoms with Gasteiger partial charge in [-0.1, -0.05) is 6.58 Å². The zero-order valence-corrected chi connectivity index (χ0v) is 8.68. The minimum Gasteiger partial charge on any atom is -0.288 e. The van der Waals surface area contributed by atoms with E-state index in [-0.39, 0.29) is 12.2 Å². The van der Waals surface area contributed by atoms with Gasteiger partial charge >= 0.3 is 11.4 Å². The smallest absolute Gasteiger partial charge is 0.288 e. The van der Waals surface area contributed by atoms with Gasteiger partial charge in [0.05, 0.1) is 11.1 Å². The van der Waals surface area contributed by atoms with Crippen molar-refractivity contribution in [3.63, 3.8) is 0 Å². The van der Waals surface area contributed by atoms with E-state index < -0.39 is 10.6 Å². The van der Waals surface area contributed by atoms with Crippen molar-refractivity contribution in [2.24, 2.45) is 0 Å². The van der Waals surface area contributed by atoms with Gasteiger partial charge in [0, 0.05) is 12.3 Å². The highest BCUT2D eigenvalue weighted by atomic mass is 32.1. The van der Waals surface area contributed by atoms with Crippen LogP contribution in [-0.2, 0) is 6.54 Å². The van der Waals surface area contributed by atoms with Crippen LogP contribution >= 0.6 is 12.6 Å². The predicted octanol–water partition coefficient (Wildman–Crippen LogP) is 0.637. The average molecular weight is 227 g/mol. The molecule has 0 fully saturated rings. The predicted molar refractivity (Wildman–Crippen MR) is 58.1 cm³/mol. The van der Waals surface area contributed by atoms with E-state index in [1.807, 2.05) is 0 Å². The zero-order chi connectivity index (χ0) is 11.4. The maximum atomic E-state index is 11.2. The third-order valence-electron chi connectivity index (χ3n) is 1.67. The minimum atomic E-state index is -0.605. The first-order valence-electron chi connectivity index (χ1n) is 4.03. The molecule has 0 spiro atoms. The number of hydrogen-bond acceptors (Lipinski definition) is 5. The van der Waals surface area contributed by atoms with Gasteiger partial charge in [0.25, 0.3) is 0 Å². The summed E-state index contributed by atoms with van der Waals surface area (Å²) in [5, 5.41) is 10.4. The molecule has 1 aromatic rings. The second kappa shape index (κ2) is 4.74. The second-order valence-corrected chi connectivity index (χ2v) is 3.20. The maximum Gasteiger partial charge on any atom is 0.348 e. The molecule has 1 heterocycles. The van der Waals surface area contributed by atoms with Crippen LogP contribution in [0, 0.1) is 10.1 Å². The van der Waals surface area contributed by atoms with Gasteiger partial charge in [-0.3, -0.25) is 14.7 Å². The molecule has 0 saturated heterocycles. The fourth-order valence-electron chi connectivity index (χ4n) is 0.942. The molecule has 0 aliphatic heterocycles. The van der Waals surface area contributed by atoms with E-state index in [1.165, 1.54) is 0 Å². The van der Waals surface area contributed by atoms with E-state index in [0.717, 1.165) is 17.0 Å². The third kappa shape index (κ3) is 2.91. The van der Waals surface area contributed by atoms with Gasteiger partial charge in [-0.2, -0.15) is 17.6 Å². The molecule has 15 heavy (non-hydrogen) atoms. The molecular weight excluding hydrogens is 218 g/mol. The molecule has 1 aromatic heterocycles. The molecular formula is C8H9N3O3S. The van der Waals surface area contributed by atoms with E-state index in [0.29, 0.717) is 11.3 Å². The standard InChI is InChI=1S/C8H9N3O3S/c1-6(5-15)3-10-4-7(11(13)14)2-9-8(10)12/h2,4,15H,1,3,5H2. The van der Waals surface area contributed by atoms with Crippen molar-refractivity contribution in [2.75, 3.05) is 5.75 Å². The van der Waals surface area contributed by atoms with Crippen molar-refractivity contribution in [3.05, 3.63) is 45.1 Å². The van der Waals surface area contributed by atoms with Gasteiger partial charge in [-0.25, -0.2) is 4.79 Å². The first-order valence-corrected chi connectivity index (χ1v) is 4.66. The van der Waals surface area contributed by atoms with E-state index in [9.17, 15) is 14.9 Å². The molecule has 0 aromatic carbocycles. The van der Waals surface area contributed by atoms with Gasteiger partial charge in [-0.05, 0) is 5.57 Å². The summed E-state index contributed by atoms with van der Waals surface area (Å²) in [6, 6.07) is 0. The topological polar surface area (TPSA) is 78.0 Å². The SMILES string of the molecule is C=C(CS)Cn1cc([N+](=O)[O-])cnc1=O. The highest BCUT2D eigenvalue weighted by Crippen LogP contribution is 2.06. The molecule has 0 radical (unpaired) electrons. The van der Waals surface area contributed by atoms with Gasteiger partial charge < -0.3 is 0 Å². The van der Waals surface area contributed by atoms with E-state index in [2.05, 4.69) is 24.2 Å². The van der Waals surface area contributed by atoms with Crippen LogP contribution in [-0.4, -0.2) is 20.2 Å². The largest absolute Gasteiger partial charge is 0.348 e. The maximum absolute atomic E-state index is 11.2. The van der Waals surface area contributed by atoms with Crippen LogP contribution in [0.4, 0.5) is 5.69 Å². The fraction of sp³-hybridized carbons (Fsp3) is 0.250. The number of thiol groups is 1. The molecule has 0 unspecified atom stereocenters. The summed E-state index contributed by atoms with van der Waals surface area (Å²) in [7, 11) is 0. The molecule has 0 N–H and O–H groups in total. The van der Waals surface area contributed by atoms with Crippen molar-refractivity contribution in [3.8, 4) is 0 Å². The van der Waals surface area contributed by atoms with Crippen molar-refractivity contribution < 1.29 is 4.92 Å². The summed E-state index contributed by atoms with van der Waals surface area (Å²) in [4.78, 5) is 24.4. The van der Waals surface area contributed by atoms with Crippen LogP contribution in [0.3, 0.4) is 0 Å².